The Balaban J connectivity index is 1.69. The third-order valence-electron chi connectivity index (χ3n) is 8.61. The fourth-order valence-electron chi connectivity index (χ4n) is 7.97. The zero-order valence-electron chi connectivity index (χ0n) is 18.2. The molecule has 1 heterocycles. The van der Waals surface area contributed by atoms with E-state index in [1.807, 2.05) is 6.92 Å². The standard InChI is InChI=1S/C23H32O5Si/c1-14-12-21-13-22(14,28-29(4,5)6)11-8-15(21)23-10-7-9-20(2,19(25)27-23)17(23)16(21)18(24)26-3/h7,10,15-17H,1,8-9,11-13H2,2-6H3/t15-,16-,17-,20?,21+,22+,23+/m1/s1. The van der Waals surface area contributed by atoms with E-state index >= 15 is 0 Å². The number of rotatable bonds is 3. The molecular weight excluding hydrogens is 384 g/mol. The fourth-order valence-corrected chi connectivity index (χ4v) is 9.47. The number of allylic oxidation sites excluding steroid dienone is 1. The third kappa shape index (κ3) is 2.15. The van der Waals surface area contributed by atoms with E-state index in [2.05, 4.69) is 38.4 Å². The quantitative estimate of drug-likeness (QED) is 0.395. The van der Waals surface area contributed by atoms with Gasteiger partial charge in [-0.25, -0.2) is 0 Å². The third-order valence-corrected chi connectivity index (χ3v) is 9.62. The molecule has 1 aliphatic heterocycles. The topological polar surface area (TPSA) is 61.8 Å². The summed E-state index contributed by atoms with van der Waals surface area (Å²) in [6.07, 6.45) is 8.11. The van der Waals surface area contributed by atoms with E-state index in [1.54, 1.807) is 0 Å². The van der Waals surface area contributed by atoms with Crippen LogP contribution in [0.3, 0.4) is 0 Å². The van der Waals surface area contributed by atoms with Gasteiger partial charge in [0.05, 0.1) is 24.0 Å². The Labute approximate surface area is 174 Å². The highest BCUT2D eigenvalue weighted by atomic mass is 28.4. The van der Waals surface area contributed by atoms with Crippen LogP contribution in [-0.4, -0.2) is 38.6 Å². The second-order valence-electron chi connectivity index (χ2n) is 11.2. The van der Waals surface area contributed by atoms with Crippen molar-refractivity contribution >= 4 is 20.3 Å². The van der Waals surface area contributed by atoms with Gasteiger partial charge in [0.1, 0.15) is 5.60 Å². The second kappa shape index (κ2) is 5.44. The molecule has 6 heteroatoms. The summed E-state index contributed by atoms with van der Waals surface area (Å²) in [6, 6.07) is 0. The van der Waals surface area contributed by atoms with E-state index < -0.39 is 19.3 Å². The maximum atomic E-state index is 13.3. The van der Waals surface area contributed by atoms with Crippen LogP contribution in [0.25, 0.3) is 0 Å². The summed E-state index contributed by atoms with van der Waals surface area (Å²) in [5.74, 6) is -0.825. The van der Waals surface area contributed by atoms with E-state index in [4.69, 9.17) is 13.9 Å². The summed E-state index contributed by atoms with van der Waals surface area (Å²) in [7, 11) is -0.355. The summed E-state index contributed by atoms with van der Waals surface area (Å²) in [6.45, 7) is 13.1. The molecule has 0 radical (unpaired) electrons. The normalized spacial score (nSPS) is 49.6. The first-order chi connectivity index (χ1) is 13.4. The Morgan fingerprint density at radius 3 is 2.72 bits per heavy atom. The average Bonchev–Trinajstić information content (AvgIpc) is 3.02. The maximum absolute atomic E-state index is 13.3. The fraction of sp³-hybridized carbons (Fsp3) is 0.739. The number of methoxy groups -OCH3 is 1. The lowest BCUT2D eigenvalue weighted by atomic mass is 9.61. The van der Waals surface area contributed by atoms with Crippen molar-refractivity contribution < 1.29 is 23.5 Å². The molecule has 158 valence electrons. The van der Waals surface area contributed by atoms with E-state index in [1.165, 1.54) is 7.11 Å². The van der Waals surface area contributed by atoms with Gasteiger partial charge in [-0.05, 0) is 75.7 Å². The zero-order chi connectivity index (χ0) is 21.0. The molecule has 1 spiro atoms. The molecule has 5 rings (SSSR count). The highest BCUT2D eigenvalue weighted by Crippen LogP contribution is 2.78. The molecule has 29 heavy (non-hydrogen) atoms. The van der Waals surface area contributed by atoms with Crippen LogP contribution in [-0.2, 0) is 23.5 Å². The zero-order valence-corrected chi connectivity index (χ0v) is 19.2. The second-order valence-corrected chi connectivity index (χ2v) is 15.7. The summed E-state index contributed by atoms with van der Waals surface area (Å²) < 4.78 is 18.3. The van der Waals surface area contributed by atoms with Crippen molar-refractivity contribution in [2.24, 2.45) is 28.6 Å². The number of hydrogen-bond donors (Lipinski definition) is 0. The van der Waals surface area contributed by atoms with Crippen LogP contribution in [0.5, 0.6) is 0 Å². The predicted octanol–water partition coefficient (Wildman–Crippen LogP) is 4.00. The van der Waals surface area contributed by atoms with Crippen LogP contribution in [0, 0.1) is 28.6 Å². The Hall–Kier alpha value is -1.40. The molecule has 0 aromatic heterocycles. The van der Waals surface area contributed by atoms with Crippen LogP contribution in [0.1, 0.15) is 39.0 Å². The van der Waals surface area contributed by atoms with Gasteiger partial charge in [0, 0.05) is 11.8 Å². The first-order valence-electron chi connectivity index (χ1n) is 10.8. The molecule has 4 bridgehead atoms. The van der Waals surface area contributed by atoms with Crippen LogP contribution in [0.2, 0.25) is 19.6 Å². The smallest absolute Gasteiger partial charge is 0.313 e. The summed E-state index contributed by atoms with van der Waals surface area (Å²) in [5.41, 5.74) is -0.929. The average molecular weight is 417 g/mol. The molecule has 0 N–H and O–H groups in total. The summed E-state index contributed by atoms with van der Waals surface area (Å²) in [5, 5.41) is 0. The molecule has 4 fully saturated rings. The Morgan fingerprint density at radius 1 is 1.34 bits per heavy atom. The van der Waals surface area contributed by atoms with Gasteiger partial charge in [-0.2, -0.15) is 0 Å². The van der Waals surface area contributed by atoms with E-state index in [0.717, 1.165) is 31.3 Å². The van der Waals surface area contributed by atoms with Gasteiger partial charge < -0.3 is 13.9 Å². The van der Waals surface area contributed by atoms with Crippen LogP contribution in [0.15, 0.2) is 24.3 Å². The first kappa shape index (κ1) is 19.6. The van der Waals surface area contributed by atoms with E-state index in [9.17, 15) is 9.59 Å². The van der Waals surface area contributed by atoms with Gasteiger partial charge in [-0.15, -0.1) is 0 Å². The van der Waals surface area contributed by atoms with Crippen molar-refractivity contribution in [3.8, 4) is 0 Å². The molecule has 0 aromatic carbocycles. The first-order valence-corrected chi connectivity index (χ1v) is 14.2. The summed E-state index contributed by atoms with van der Waals surface area (Å²) >= 11 is 0. The lowest BCUT2D eigenvalue weighted by molar-refractivity contribution is -0.161. The molecule has 5 aliphatic rings. The van der Waals surface area contributed by atoms with Crippen molar-refractivity contribution in [2.45, 2.75) is 69.9 Å². The molecule has 0 amide bonds. The van der Waals surface area contributed by atoms with Gasteiger partial charge in [-0.1, -0.05) is 12.7 Å². The highest BCUT2D eigenvalue weighted by Gasteiger charge is 2.82. The lowest BCUT2D eigenvalue weighted by Gasteiger charge is -2.47. The molecular formula is C23H32O5Si. The molecule has 4 aliphatic carbocycles. The van der Waals surface area contributed by atoms with Crippen molar-refractivity contribution in [3.63, 3.8) is 0 Å². The van der Waals surface area contributed by atoms with E-state index in [0.29, 0.717) is 6.42 Å². The monoisotopic (exact) mass is 416 g/mol. The van der Waals surface area contributed by atoms with Crippen molar-refractivity contribution in [1.29, 1.82) is 0 Å². The Kier molecular flexibility index (Phi) is 3.67. The van der Waals surface area contributed by atoms with E-state index in [-0.39, 0.29) is 40.7 Å². The molecule has 3 saturated carbocycles. The lowest BCUT2D eigenvalue weighted by Crippen LogP contribution is -2.50. The van der Waals surface area contributed by atoms with Crippen molar-refractivity contribution in [1.82, 2.24) is 0 Å². The van der Waals surface area contributed by atoms with Gasteiger partial charge in [0.25, 0.3) is 0 Å². The number of ether oxygens (including phenoxy) is 2. The van der Waals surface area contributed by atoms with Gasteiger partial charge in [0.15, 0.2) is 8.32 Å². The van der Waals surface area contributed by atoms with Gasteiger partial charge in [0.2, 0.25) is 0 Å². The highest BCUT2D eigenvalue weighted by molar-refractivity contribution is 6.69. The SMILES string of the molecule is C=C1C[C@]23C[C@@]1(O[Si](C)(C)C)CC[C@H]2[C@]12C=CCC(C)(C(=O)O1)[C@H]2[C@@H]3C(=O)OC. The molecule has 1 saturated heterocycles. The largest absolute Gasteiger partial charge is 0.469 e. The number of hydrogen-bond acceptors (Lipinski definition) is 5. The van der Waals surface area contributed by atoms with Crippen LogP contribution >= 0.6 is 0 Å². The Morgan fingerprint density at radius 2 is 2.07 bits per heavy atom. The number of carbonyl (C=O) groups excluding carboxylic acids is 2. The minimum absolute atomic E-state index is 0.101. The summed E-state index contributed by atoms with van der Waals surface area (Å²) in [4.78, 5) is 26.3. The van der Waals surface area contributed by atoms with Gasteiger partial charge in [-0.3, -0.25) is 9.59 Å². The number of carbonyl (C=O) groups is 2. The predicted molar refractivity (Wildman–Crippen MR) is 110 cm³/mol. The molecule has 1 unspecified atom stereocenters. The minimum Gasteiger partial charge on any atom is -0.469 e. The van der Waals surface area contributed by atoms with Crippen molar-refractivity contribution in [3.05, 3.63) is 24.3 Å². The number of esters is 2. The maximum Gasteiger partial charge on any atom is 0.313 e. The minimum atomic E-state index is -1.82. The van der Waals surface area contributed by atoms with Gasteiger partial charge >= 0.3 is 11.9 Å². The van der Waals surface area contributed by atoms with Crippen molar-refractivity contribution in [2.75, 3.05) is 7.11 Å². The molecule has 0 aromatic rings. The molecule has 5 nitrogen and oxygen atoms in total. The van der Waals surface area contributed by atoms with Crippen LogP contribution < -0.4 is 0 Å². The van der Waals surface area contributed by atoms with Crippen LogP contribution in [0.4, 0.5) is 0 Å². The number of fused-ring (bicyclic) bond motifs is 1. The Bertz CT molecular complexity index is 858. The molecule has 7 atom stereocenters.